The molecule has 432 valence electrons. The molecule has 14 aromatic rings. The number of aromatic nitrogens is 2. The van der Waals surface area contributed by atoms with Crippen molar-refractivity contribution >= 4 is 113 Å². The van der Waals surface area contributed by atoms with Gasteiger partial charge in [0.15, 0.2) is 0 Å². The van der Waals surface area contributed by atoms with Crippen molar-refractivity contribution in [1.29, 1.82) is 0 Å². The number of hydrogen-bond donors (Lipinski definition) is 0. The van der Waals surface area contributed by atoms with E-state index in [4.69, 9.17) is 9.97 Å². The van der Waals surface area contributed by atoms with E-state index in [1.54, 1.807) is 0 Å². The summed E-state index contributed by atoms with van der Waals surface area (Å²) in [4.78, 5) is 25.0. The Balaban J connectivity index is 0.944. The molecule has 13 aromatic carbocycles. The predicted octanol–water partition coefficient (Wildman–Crippen LogP) is 23.1. The van der Waals surface area contributed by atoms with Gasteiger partial charge in [0.25, 0.3) is 0 Å². The first-order valence-corrected chi connectivity index (χ1v) is 30.4. The lowest BCUT2D eigenvalue weighted by Gasteiger charge is -2.32. The highest BCUT2D eigenvalue weighted by Gasteiger charge is 2.26. The van der Waals surface area contributed by atoms with Crippen LogP contribution in [0.2, 0.25) is 0 Å². The third-order valence-electron chi connectivity index (χ3n) is 16.3. The Hall–Kier alpha value is -12.0. The summed E-state index contributed by atoms with van der Waals surface area (Å²) in [5.41, 5.74) is 21.4. The molecule has 1 aromatic heterocycles. The van der Waals surface area contributed by atoms with Gasteiger partial charge in [-0.05, 0) is 220 Å². The lowest BCUT2D eigenvalue weighted by molar-refractivity contribution is 1.09. The molecule has 0 N–H and O–H groups in total. The molecule has 0 unspecified atom stereocenters. The molecule has 0 aliphatic carbocycles. The van der Waals surface area contributed by atoms with Gasteiger partial charge in [0.2, 0.25) is 0 Å². The molecule has 0 bridgehead atoms. The molecule has 8 heteroatoms. The highest BCUT2D eigenvalue weighted by atomic mass is 15.2. The number of anilines is 18. The second kappa shape index (κ2) is 25.5. The topological polar surface area (TPSA) is 45.2 Å². The zero-order chi connectivity index (χ0) is 60.6. The first-order valence-electron chi connectivity index (χ1n) is 30.4. The van der Waals surface area contributed by atoms with Gasteiger partial charge in [-0.15, -0.1) is 0 Å². The smallest absolute Gasteiger partial charge is 0.115 e. The maximum absolute atomic E-state index is 5.58. The van der Waals surface area contributed by atoms with E-state index in [0.29, 0.717) is 0 Å². The normalized spacial score (nSPS) is 11.0. The van der Waals surface area contributed by atoms with Gasteiger partial charge in [0.05, 0.1) is 22.8 Å². The molecule has 14 rings (SSSR count). The van der Waals surface area contributed by atoms with Gasteiger partial charge < -0.3 is 29.4 Å². The Morgan fingerprint density at radius 2 is 0.289 bits per heavy atom. The molecule has 90 heavy (non-hydrogen) atoms. The molecule has 1 heterocycles. The van der Waals surface area contributed by atoms with Gasteiger partial charge in [0.1, 0.15) is 11.0 Å². The molecule has 0 saturated carbocycles. The van der Waals surface area contributed by atoms with E-state index in [1.165, 1.54) is 0 Å². The lowest BCUT2D eigenvalue weighted by atomic mass is 10.1. The maximum atomic E-state index is 5.58. The standard InChI is InChI=1S/C82H64N8/c1-61-62(2)84-82-80(90(77-55-47-73(48-56-77)87(67-35-19-7-20-36-67)68-37-21-8-22-38-68)78-57-49-74(50-58-78)88(69-39-23-9-24-40-69)70-41-25-10-26-42-70)60-59-79(81(82)83-61)89(75-51-43-71(44-52-75)85(63-27-11-3-12-28-63)64-29-13-4-14-30-64)76-53-45-72(46-54-76)86(65-31-15-5-16-32-65)66-33-17-6-18-34-66/h3-60H,1-2H3. The number of para-hydroxylation sites is 8. The van der Waals surface area contributed by atoms with Crippen LogP contribution in [0.3, 0.4) is 0 Å². The molecule has 0 spiro atoms. The number of benzene rings is 13. The van der Waals surface area contributed by atoms with E-state index in [2.05, 4.69) is 395 Å². The highest BCUT2D eigenvalue weighted by Crippen LogP contribution is 2.48. The van der Waals surface area contributed by atoms with E-state index in [9.17, 15) is 0 Å². The van der Waals surface area contributed by atoms with E-state index in [0.717, 1.165) is 125 Å². The predicted molar refractivity (Wildman–Crippen MR) is 377 cm³/mol. The lowest BCUT2D eigenvalue weighted by Crippen LogP contribution is -2.16. The van der Waals surface area contributed by atoms with Crippen molar-refractivity contribution in [2.75, 3.05) is 29.4 Å². The van der Waals surface area contributed by atoms with Gasteiger partial charge in [-0.2, -0.15) is 0 Å². The van der Waals surface area contributed by atoms with Crippen molar-refractivity contribution in [1.82, 2.24) is 9.97 Å². The monoisotopic (exact) mass is 1160 g/mol. The fourth-order valence-electron chi connectivity index (χ4n) is 11.9. The van der Waals surface area contributed by atoms with Crippen LogP contribution in [0.5, 0.6) is 0 Å². The van der Waals surface area contributed by atoms with E-state index < -0.39 is 0 Å². The fourth-order valence-corrected chi connectivity index (χ4v) is 11.9. The molecule has 0 atom stereocenters. The number of aryl methyl sites for hydroxylation is 2. The molecule has 0 radical (unpaired) electrons. The number of fused-ring (bicyclic) bond motifs is 1. The molecule has 0 aliphatic rings. The largest absolute Gasteiger partial charge is 0.311 e. The van der Waals surface area contributed by atoms with Crippen molar-refractivity contribution in [3.05, 3.63) is 363 Å². The van der Waals surface area contributed by atoms with Crippen LogP contribution in [0.25, 0.3) is 11.0 Å². The number of rotatable bonds is 18. The van der Waals surface area contributed by atoms with Gasteiger partial charge >= 0.3 is 0 Å². The Morgan fingerprint density at radius 1 is 0.156 bits per heavy atom. The first kappa shape index (κ1) is 55.8. The van der Waals surface area contributed by atoms with Gasteiger partial charge in [-0.1, -0.05) is 146 Å². The minimum absolute atomic E-state index is 0.756. The summed E-state index contributed by atoms with van der Waals surface area (Å²) in [6, 6.07) is 124. The summed E-state index contributed by atoms with van der Waals surface area (Å²) < 4.78 is 0. The van der Waals surface area contributed by atoms with E-state index in [-0.39, 0.29) is 0 Å². The summed E-state index contributed by atoms with van der Waals surface area (Å²) in [5, 5.41) is 0. The average Bonchev–Trinajstić information content (AvgIpc) is 1.08. The van der Waals surface area contributed by atoms with E-state index >= 15 is 0 Å². The summed E-state index contributed by atoms with van der Waals surface area (Å²) in [6.45, 7) is 4.11. The SMILES string of the molecule is Cc1nc2c(N(c3ccc(N(c4ccccc4)c4ccccc4)cc3)c3ccc(N(c4ccccc4)c4ccccc4)cc3)ccc(N(c3ccc(N(c4ccccc4)c4ccccc4)cc3)c3ccc(N(c4ccccc4)c4ccccc4)cc3)c2nc1C. The van der Waals surface area contributed by atoms with Crippen LogP contribution in [0.4, 0.5) is 102 Å². The van der Waals surface area contributed by atoms with Crippen LogP contribution in [-0.2, 0) is 0 Å². The first-order chi connectivity index (χ1) is 44.5. The van der Waals surface area contributed by atoms with Crippen molar-refractivity contribution in [2.24, 2.45) is 0 Å². The van der Waals surface area contributed by atoms with Crippen LogP contribution in [0, 0.1) is 13.8 Å². The van der Waals surface area contributed by atoms with Crippen LogP contribution < -0.4 is 29.4 Å². The number of nitrogens with zero attached hydrogens (tertiary/aromatic N) is 8. The summed E-state index contributed by atoms with van der Waals surface area (Å²) in [6.07, 6.45) is 0. The summed E-state index contributed by atoms with van der Waals surface area (Å²) in [7, 11) is 0. The Kier molecular flexibility index (Phi) is 15.8. The highest BCUT2D eigenvalue weighted by molar-refractivity contribution is 6.04. The van der Waals surface area contributed by atoms with Gasteiger partial charge in [0, 0.05) is 91.0 Å². The Labute approximate surface area is 527 Å². The minimum Gasteiger partial charge on any atom is -0.311 e. The minimum atomic E-state index is 0.756. The Morgan fingerprint density at radius 3 is 0.444 bits per heavy atom. The van der Waals surface area contributed by atoms with Gasteiger partial charge in [-0.3, -0.25) is 0 Å². The summed E-state index contributed by atoms with van der Waals surface area (Å²) in [5.74, 6) is 0. The molecular weight excluding hydrogens is 1100 g/mol. The van der Waals surface area contributed by atoms with Crippen molar-refractivity contribution in [2.45, 2.75) is 13.8 Å². The summed E-state index contributed by atoms with van der Waals surface area (Å²) >= 11 is 0. The van der Waals surface area contributed by atoms with Crippen molar-refractivity contribution < 1.29 is 0 Å². The maximum Gasteiger partial charge on any atom is 0.115 e. The number of hydrogen-bond acceptors (Lipinski definition) is 8. The van der Waals surface area contributed by atoms with Gasteiger partial charge in [-0.25, -0.2) is 9.97 Å². The molecule has 0 amide bonds. The molecule has 8 nitrogen and oxygen atoms in total. The zero-order valence-corrected chi connectivity index (χ0v) is 50.1. The van der Waals surface area contributed by atoms with Crippen LogP contribution in [-0.4, -0.2) is 9.97 Å². The second-order valence-corrected chi connectivity index (χ2v) is 22.0. The quantitative estimate of drug-likeness (QED) is 0.0842. The van der Waals surface area contributed by atoms with Crippen molar-refractivity contribution in [3.8, 4) is 0 Å². The van der Waals surface area contributed by atoms with Crippen LogP contribution in [0.1, 0.15) is 11.4 Å². The van der Waals surface area contributed by atoms with E-state index in [1.807, 2.05) is 0 Å². The fraction of sp³-hybridized carbons (Fsp3) is 0.0244. The molecule has 0 saturated heterocycles. The zero-order valence-electron chi connectivity index (χ0n) is 50.1. The molecule has 0 fully saturated rings. The average molecular weight is 1160 g/mol. The third-order valence-corrected chi connectivity index (χ3v) is 16.3. The molecule has 0 aliphatic heterocycles. The van der Waals surface area contributed by atoms with Crippen LogP contribution >= 0.6 is 0 Å². The third kappa shape index (κ3) is 11.5. The Bertz CT molecular complexity index is 3910. The second-order valence-electron chi connectivity index (χ2n) is 22.0. The van der Waals surface area contributed by atoms with Crippen molar-refractivity contribution in [3.63, 3.8) is 0 Å². The molecular formula is C82H64N8. The van der Waals surface area contributed by atoms with Crippen LogP contribution in [0.15, 0.2) is 352 Å².